The molecule has 0 radical (unpaired) electrons. The molecule has 0 aliphatic carbocycles. The van der Waals surface area contributed by atoms with Crippen molar-refractivity contribution >= 4 is 69.8 Å². The Morgan fingerprint density at radius 3 is 2.42 bits per heavy atom. The lowest BCUT2D eigenvalue weighted by Gasteiger charge is -2.22. The third kappa shape index (κ3) is 6.67. The Kier molecular flexibility index (Phi) is 9.18. The maximum absolute atomic E-state index is 12.8. The number of nitrogens with zero attached hydrogens (tertiary/aromatic N) is 4. The number of nitro groups is 1. The summed E-state index contributed by atoms with van der Waals surface area (Å²) in [7, 11) is 1.73. The molecule has 3 aromatic rings. The molecule has 36 heavy (non-hydrogen) atoms. The molecule has 14 heteroatoms. The van der Waals surface area contributed by atoms with Gasteiger partial charge in [-0.25, -0.2) is 0 Å². The first-order valence-corrected chi connectivity index (χ1v) is 12.6. The van der Waals surface area contributed by atoms with Crippen LogP contribution in [0.2, 0.25) is 15.1 Å². The fraction of sp³-hybridized carbons (Fsp3) is 0.273. The minimum atomic E-state index is -0.576. The lowest BCUT2D eigenvalue weighted by molar-refractivity contribution is -0.384. The van der Waals surface area contributed by atoms with Gasteiger partial charge in [-0.15, -0.1) is 10.2 Å². The molecule has 1 heterocycles. The topological polar surface area (TPSA) is 132 Å². The number of nitro benzene ring substituents is 1. The summed E-state index contributed by atoms with van der Waals surface area (Å²) < 4.78 is 1.69. The van der Waals surface area contributed by atoms with E-state index >= 15 is 0 Å². The van der Waals surface area contributed by atoms with Crippen molar-refractivity contribution in [2.24, 2.45) is 13.0 Å². The SMILES string of the molecule is CC(C)[C@@H](NC(=O)c1ccc(Cl)c(Cl)c1)c1nnc(SCC(=O)Nc2cc([N+](=O)[O-])ccc2Cl)n1C. The molecule has 1 atom stereocenters. The maximum atomic E-state index is 12.8. The number of carbonyl (C=O) groups excluding carboxylic acids is 2. The molecule has 2 N–H and O–H groups in total. The molecule has 190 valence electrons. The molecule has 10 nitrogen and oxygen atoms in total. The van der Waals surface area contributed by atoms with Crippen LogP contribution in [-0.2, 0) is 11.8 Å². The van der Waals surface area contributed by atoms with Crippen LogP contribution in [0.1, 0.15) is 36.1 Å². The number of hydrogen-bond acceptors (Lipinski definition) is 7. The molecule has 0 spiro atoms. The molecule has 1 aromatic heterocycles. The van der Waals surface area contributed by atoms with E-state index in [1.54, 1.807) is 23.7 Å². The zero-order chi connectivity index (χ0) is 26.6. The van der Waals surface area contributed by atoms with E-state index in [4.69, 9.17) is 34.8 Å². The molecule has 0 unspecified atom stereocenters. The Hall–Kier alpha value is -2.86. The van der Waals surface area contributed by atoms with Crippen LogP contribution in [0.4, 0.5) is 11.4 Å². The second-order valence-corrected chi connectivity index (χ2v) is 10.1. The van der Waals surface area contributed by atoms with Gasteiger partial charge in [-0.05, 0) is 30.2 Å². The first-order chi connectivity index (χ1) is 17.0. The molecule has 0 fully saturated rings. The average molecular weight is 572 g/mol. The number of halogens is 3. The Morgan fingerprint density at radius 2 is 1.78 bits per heavy atom. The van der Waals surface area contributed by atoms with Crippen molar-refractivity contribution < 1.29 is 14.5 Å². The van der Waals surface area contributed by atoms with E-state index in [1.165, 1.54) is 24.3 Å². The van der Waals surface area contributed by atoms with E-state index < -0.39 is 16.9 Å². The van der Waals surface area contributed by atoms with Gasteiger partial charge in [0.2, 0.25) is 5.91 Å². The summed E-state index contributed by atoms with van der Waals surface area (Å²) in [6, 6.07) is 7.92. The number of hydrogen-bond donors (Lipinski definition) is 2. The van der Waals surface area contributed by atoms with Gasteiger partial charge < -0.3 is 15.2 Å². The van der Waals surface area contributed by atoms with Crippen molar-refractivity contribution in [3.8, 4) is 0 Å². The van der Waals surface area contributed by atoms with Crippen LogP contribution in [0.5, 0.6) is 0 Å². The van der Waals surface area contributed by atoms with Crippen molar-refractivity contribution in [2.75, 3.05) is 11.1 Å². The van der Waals surface area contributed by atoms with Gasteiger partial charge in [-0.2, -0.15) is 0 Å². The first-order valence-electron chi connectivity index (χ1n) is 10.5. The van der Waals surface area contributed by atoms with Gasteiger partial charge in [0, 0.05) is 24.7 Å². The molecule has 0 saturated heterocycles. The number of thioether (sulfide) groups is 1. The Morgan fingerprint density at radius 1 is 1.08 bits per heavy atom. The summed E-state index contributed by atoms with van der Waals surface area (Å²) in [6.45, 7) is 3.86. The highest BCUT2D eigenvalue weighted by atomic mass is 35.5. The highest BCUT2D eigenvalue weighted by Crippen LogP contribution is 2.28. The van der Waals surface area contributed by atoms with Gasteiger partial charge in [0.1, 0.15) is 0 Å². The molecule has 2 amide bonds. The van der Waals surface area contributed by atoms with Crippen LogP contribution >= 0.6 is 46.6 Å². The van der Waals surface area contributed by atoms with Gasteiger partial charge >= 0.3 is 0 Å². The van der Waals surface area contributed by atoms with E-state index in [1.807, 2.05) is 13.8 Å². The van der Waals surface area contributed by atoms with Crippen LogP contribution in [0.15, 0.2) is 41.6 Å². The number of benzene rings is 2. The second kappa shape index (κ2) is 11.9. The number of carbonyl (C=O) groups is 2. The Labute approximate surface area is 225 Å². The van der Waals surface area contributed by atoms with Gasteiger partial charge in [0.15, 0.2) is 11.0 Å². The minimum absolute atomic E-state index is 0.0308. The van der Waals surface area contributed by atoms with Crippen molar-refractivity contribution in [2.45, 2.75) is 25.0 Å². The second-order valence-electron chi connectivity index (χ2n) is 7.98. The highest BCUT2D eigenvalue weighted by Gasteiger charge is 2.26. The van der Waals surface area contributed by atoms with Crippen molar-refractivity contribution in [3.63, 3.8) is 0 Å². The van der Waals surface area contributed by atoms with E-state index in [2.05, 4.69) is 20.8 Å². The first kappa shape index (κ1) is 27.7. The van der Waals surface area contributed by atoms with Crippen LogP contribution in [0.25, 0.3) is 0 Å². The number of non-ortho nitro benzene ring substituents is 1. The molecule has 2 aromatic carbocycles. The molecule has 3 rings (SSSR count). The van der Waals surface area contributed by atoms with Gasteiger partial charge in [0.05, 0.1) is 37.5 Å². The van der Waals surface area contributed by atoms with E-state index in [0.29, 0.717) is 21.6 Å². The summed E-state index contributed by atoms with van der Waals surface area (Å²) >= 11 is 19.1. The number of anilines is 1. The fourth-order valence-corrected chi connectivity index (χ4v) is 4.33. The third-order valence-electron chi connectivity index (χ3n) is 5.05. The average Bonchev–Trinajstić information content (AvgIpc) is 3.18. The maximum Gasteiger partial charge on any atom is 0.271 e. The third-order valence-corrected chi connectivity index (χ3v) is 7.14. The minimum Gasteiger partial charge on any atom is -0.342 e. The molecular formula is C22H21Cl3N6O4S. The summed E-state index contributed by atoms with van der Waals surface area (Å²) in [5, 5.41) is 26.1. The smallest absolute Gasteiger partial charge is 0.271 e. The van der Waals surface area contributed by atoms with Crippen LogP contribution < -0.4 is 10.6 Å². The van der Waals surface area contributed by atoms with Crippen LogP contribution in [0.3, 0.4) is 0 Å². The van der Waals surface area contributed by atoms with E-state index in [0.717, 1.165) is 11.8 Å². The molecule has 0 aliphatic rings. The lowest BCUT2D eigenvalue weighted by Crippen LogP contribution is -2.33. The summed E-state index contributed by atoms with van der Waals surface area (Å²) in [4.78, 5) is 35.6. The van der Waals surface area contributed by atoms with Crippen molar-refractivity contribution in [1.82, 2.24) is 20.1 Å². The van der Waals surface area contributed by atoms with E-state index in [-0.39, 0.29) is 39.0 Å². The standard InChI is InChI=1S/C22H21Cl3N6O4S/c1-11(2)19(27-21(33)12-4-6-14(23)16(25)8-12)20-28-29-22(30(20)3)36-10-18(32)26-17-9-13(31(34)35)5-7-15(17)24/h4-9,11,19H,10H2,1-3H3,(H,26,32)(H,27,33)/t19-/m1/s1. The predicted octanol–water partition coefficient (Wildman–Crippen LogP) is 5.54. The van der Waals surface area contributed by atoms with Gasteiger partial charge in [0.25, 0.3) is 11.6 Å². The Balaban J connectivity index is 1.69. The number of rotatable bonds is 9. The van der Waals surface area contributed by atoms with E-state index in [9.17, 15) is 19.7 Å². The Bertz CT molecular complexity index is 1320. The molecule has 0 aliphatic heterocycles. The lowest BCUT2D eigenvalue weighted by atomic mass is 10.0. The summed E-state index contributed by atoms with van der Waals surface area (Å²) in [6.07, 6.45) is 0. The zero-order valence-corrected chi connectivity index (χ0v) is 22.4. The number of amides is 2. The molecule has 0 bridgehead atoms. The summed E-state index contributed by atoms with van der Waals surface area (Å²) in [5.74, 6) is -0.356. The normalized spacial score (nSPS) is 11.9. The number of aromatic nitrogens is 3. The largest absolute Gasteiger partial charge is 0.342 e. The monoisotopic (exact) mass is 570 g/mol. The summed E-state index contributed by atoms with van der Waals surface area (Å²) in [5.41, 5.74) is 0.297. The van der Waals surface area contributed by atoms with Crippen molar-refractivity contribution in [3.05, 3.63) is 73.0 Å². The van der Waals surface area contributed by atoms with Gasteiger partial charge in [-0.1, -0.05) is 60.4 Å². The van der Waals surface area contributed by atoms with Crippen LogP contribution in [-0.4, -0.2) is 37.3 Å². The predicted molar refractivity (Wildman–Crippen MR) is 140 cm³/mol. The van der Waals surface area contributed by atoms with Crippen LogP contribution in [0, 0.1) is 16.0 Å². The number of nitrogens with one attached hydrogen (secondary N) is 2. The molecular weight excluding hydrogens is 551 g/mol. The quantitative estimate of drug-likeness (QED) is 0.196. The highest BCUT2D eigenvalue weighted by molar-refractivity contribution is 7.99. The molecule has 0 saturated carbocycles. The fourth-order valence-electron chi connectivity index (χ4n) is 3.15. The van der Waals surface area contributed by atoms with Gasteiger partial charge in [-0.3, -0.25) is 19.7 Å². The zero-order valence-electron chi connectivity index (χ0n) is 19.3. The van der Waals surface area contributed by atoms with Crippen molar-refractivity contribution in [1.29, 1.82) is 0 Å².